The van der Waals surface area contributed by atoms with Crippen LogP contribution in [0.3, 0.4) is 0 Å². The predicted molar refractivity (Wildman–Crippen MR) is 69.2 cm³/mol. The number of carboxylic acid groups (broad SMARTS) is 1. The van der Waals surface area contributed by atoms with E-state index in [9.17, 15) is 4.79 Å². The topological polar surface area (TPSA) is 37.3 Å². The Morgan fingerprint density at radius 3 is 2.69 bits per heavy atom. The van der Waals surface area contributed by atoms with Gasteiger partial charge in [0.25, 0.3) is 0 Å². The average Bonchev–Trinajstić information content (AvgIpc) is 2.64. The van der Waals surface area contributed by atoms with Crippen molar-refractivity contribution < 1.29 is 9.90 Å². The molecule has 0 bridgehead atoms. The summed E-state index contributed by atoms with van der Waals surface area (Å²) in [5.41, 5.74) is 2.06. The molecule has 0 saturated carbocycles. The van der Waals surface area contributed by atoms with Gasteiger partial charge < -0.3 is 5.11 Å². The number of thiophene rings is 1. The minimum Gasteiger partial charge on any atom is -0.478 e. The van der Waals surface area contributed by atoms with E-state index in [4.69, 9.17) is 5.11 Å². The van der Waals surface area contributed by atoms with Crippen molar-refractivity contribution in [1.29, 1.82) is 0 Å². The van der Waals surface area contributed by atoms with E-state index in [-0.39, 0.29) is 0 Å². The molecular weight excluding hydrogens is 288 g/mol. The highest BCUT2D eigenvalue weighted by molar-refractivity contribution is 9.10. The van der Waals surface area contributed by atoms with Crippen LogP contribution in [0.5, 0.6) is 0 Å². The van der Waals surface area contributed by atoms with Gasteiger partial charge in [0.2, 0.25) is 0 Å². The molecule has 0 aliphatic carbocycles. The minimum atomic E-state index is -0.903. The monoisotopic (exact) mass is 296 g/mol. The largest absolute Gasteiger partial charge is 0.478 e. The number of carboxylic acids is 1. The molecule has 0 unspecified atom stereocenters. The number of aryl methyl sites for hydroxylation is 1. The third-order valence-electron chi connectivity index (χ3n) is 2.25. The highest BCUT2D eigenvalue weighted by atomic mass is 79.9. The predicted octanol–water partition coefficient (Wildman–Crippen LogP) is 4.18. The molecule has 2 nitrogen and oxygen atoms in total. The molecule has 0 saturated heterocycles. The van der Waals surface area contributed by atoms with Gasteiger partial charge in [0, 0.05) is 9.35 Å². The lowest BCUT2D eigenvalue weighted by molar-refractivity contribution is 0.0697. The van der Waals surface area contributed by atoms with Gasteiger partial charge in [0.05, 0.1) is 5.56 Å². The van der Waals surface area contributed by atoms with Crippen LogP contribution in [0.15, 0.2) is 34.1 Å². The lowest BCUT2D eigenvalue weighted by Crippen LogP contribution is -1.98. The van der Waals surface area contributed by atoms with Crippen molar-refractivity contribution in [1.82, 2.24) is 0 Å². The Morgan fingerprint density at radius 1 is 1.38 bits per heavy atom. The van der Waals surface area contributed by atoms with Gasteiger partial charge in [-0.2, -0.15) is 0 Å². The zero-order chi connectivity index (χ0) is 11.7. The van der Waals surface area contributed by atoms with Crippen LogP contribution in [-0.2, 0) is 0 Å². The lowest BCUT2D eigenvalue weighted by Gasteiger charge is -2.04. The first-order chi connectivity index (χ1) is 7.58. The molecule has 0 spiro atoms. The van der Waals surface area contributed by atoms with Gasteiger partial charge in [0.15, 0.2) is 0 Å². The summed E-state index contributed by atoms with van der Waals surface area (Å²) in [6.45, 7) is 2.01. The number of aromatic carboxylic acids is 1. The van der Waals surface area contributed by atoms with Gasteiger partial charge in [-0.1, -0.05) is 22.0 Å². The van der Waals surface area contributed by atoms with Crippen molar-refractivity contribution >= 4 is 33.2 Å². The molecule has 0 aliphatic rings. The molecule has 0 aliphatic heterocycles. The number of hydrogen-bond donors (Lipinski definition) is 1. The molecule has 2 rings (SSSR count). The highest BCUT2D eigenvalue weighted by Gasteiger charge is 2.12. The van der Waals surface area contributed by atoms with Crippen LogP contribution >= 0.6 is 27.3 Å². The van der Waals surface area contributed by atoms with E-state index >= 15 is 0 Å². The summed E-state index contributed by atoms with van der Waals surface area (Å²) in [4.78, 5) is 12.3. The van der Waals surface area contributed by atoms with Crippen molar-refractivity contribution in [3.8, 4) is 11.1 Å². The Kier molecular flexibility index (Phi) is 3.12. The van der Waals surface area contributed by atoms with Gasteiger partial charge in [-0.3, -0.25) is 0 Å². The first-order valence-corrected chi connectivity index (χ1v) is 6.33. The second kappa shape index (κ2) is 4.39. The van der Waals surface area contributed by atoms with Crippen LogP contribution in [0.25, 0.3) is 11.1 Å². The Bertz CT molecular complexity index is 546. The maximum atomic E-state index is 11.1. The van der Waals surface area contributed by atoms with Gasteiger partial charge in [0.1, 0.15) is 0 Å². The van der Waals surface area contributed by atoms with Crippen molar-refractivity contribution in [2.24, 2.45) is 0 Å². The first-order valence-electron chi connectivity index (χ1n) is 4.66. The molecule has 1 aromatic heterocycles. The summed E-state index contributed by atoms with van der Waals surface area (Å²) >= 11 is 4.90. The molecular formula is C12H9BrO2S. The fraction of sp³-hybridized carbons (Fsp3) is 0.0833. The molecule has 2 aromatic rings. The Hall–Kier alpha value is -1.13. The SMILES string of the molecule is Cc1cc(-c2ccc(Br)cc2C(=O)O)cs1. The van der Waals surface area contributed by atoms with E-state index < -0.39 is 5.97 Å². The number of rotatable bonds is 2. The summed E-state index contributed by atoms with van der Waals surface area (Å²) < 4.78 is 0.778. The molecule has 16 heavy (non-hydrogen) atoms. The smallest absolute Gasteiger partial charge is 0.336 e. The molecule has 1 heterocycles. The quantitative estimate of drug-likeness (QED) is 0.902. The summed E-state index contributed by atoms with van der Waals surface area (Å²) in [5, 5.41) is 11.1. The van der Waals surface area contributed by atoms with Gasteiger partial charge in [-0.05, 0) is 41.6 Å². The van der Waals surface area contributed by atoms with Crippen LogP contribution in [0, 0.1) is 6.92 Å². The van der Waals surface area contributed by atoms with Gasteiger partial charge in [-0.25, -0.2) is 4.79 Å². The fourth-order valence-corrected chi connectivity index (χ4v) is 2.59. The maximum absolute atomic E-state index is 11.1. The van der Waals surface area contributed by atoms with E-state index in [0.717, 1.165) is 15.6 Å². The fourth-order valence-electron chi connectivity index (χ4n) is 1.53. The van der Waals surface area contributed by atoms with Crippen LogP contribution in [0.4, 0.5) is 0 Å². The standard InChI is InChI=1S/C12H9BrO2S/c1-7-4-8(6-16-7)10-3-2-9(13)5-11(10)12(14)15/h2-6H,1H3,(H,14,15). The molecule has 4 heteroatoms. The molecule has 82 valence electrons. The molecule has 1 N–H and O–H groups in total. The van der Waals surface area contributed by atoms with E-state index in [1.54, 1.807) is 17.4 Å². The van der Waals surface area contributed by atoms with Crippen molar-refractivity contribution in [2.45, 2.75) is 6.92 Å². The zero-order valence-corrected chi connectivity index (χ0v) is 10.9. The molecule has 0 radical (unpaired) electrons. The van der Waals surface area contributed by atoms with Crippen LogP contribution in [0.1, 0.15) is 15.2 Å². The molecule has 0 atom stereocenters. The van der Waals surface area contributed by atoms with E-state index in [1.165, 1.54) is 4.88 Å². The van der Waals surface area contributed by atoms with Crippen molar-refractivity contribution in [3.63, 3.8) is 0 Å². The van der Waals surface area contributed by atoms with Crippen LogP contribution in [-0.4, -0.2) is 11.1 Å². The minimum absolute atomic E-state index is 0.326. The molecule has 1 aromatic carbocycles. The molecule has 0 amide bonds. The van der Waals surface area contributed by atoms with Gasteiger partial charge in [-0.15, -0.1) is 11.3 Å². The Morgan fingerprint density at radius 2 is 2.12 bits per heavy atom. The first kappa shape index (κ1) is 11.4. The van der Waals surface area contributed by atoms with Gasteiger partial charge >= 0.3 is 5.97 Å². The Balaban J connectivity index is 2.60. The van der Waals surface area contributed by atoms with E-state index in [2.05, 4.69) is 15.9 Å². The average molecular weight is 297 g/mol. The number of carbonyl (C=O) groups is 1. The van der Waals surface area contributed by atoms with E-state index in [0.29, 0.717) is 5.56 Å². The van der Waals surface area contributed by atoms with E-state index in [1.807, 2.05) is 30.5 Å². The summed E-state index contributed by atoms with van der Waals surface area (Å²) in [6.07, 6.45) is 0. The van der Waals surface area contributed by atoms with Crippen LogP contribution < -0.4 is 0 Å². The third-order valence-corrected chi connectivity index (χ3v) is 3.61. The number of hydrogen-bond acceptors (Lipinski definition) is 2. The third kappa shape index (κ3) is 2.18. The normalized spacial score (nSPS) is 10.4. The summed E-state index contributed by atoms with van der Waals surface area (Å²) in [5.74, 6) is -0.903. The van der Waals surface area contributed by atoms with Crippen molar-refractivity contribution in [2.75, 3.05) is 0 Å². The maximum Gasteiger partial charge on any atom is 0.336 e. The second-order valence-electron chi connectivity index (χ2n) is 3.44. The summed E-state index contributed by atoms with van der Waals surface area (Å²) in [6, 6.07) is 7.31. The highest BCUT2D eigenvalue weighted by Crippen LogP contribution is 2.30. The van der Waals surface area contributed by atoms with Crippen molar-refractivity contribution in [3.05, 3.63) is 44.6 Å². The number of halogens is 1. The number of benzene rings is 1. The zero-order valence-electron chi connectivity index (χ0n) is 8.53. The second-order valence-corrected chi connectivity index (χ2v) is 5.47. The van der Waals surface area contributed by atoms with Crippen LogP contribution in [0.2, 0.25) is 0 Å². The molecule has 0 fully saturated rings. The lowest BCUT2D eigenvalue weighted by atomic mass is 10.0. The summed E-state index contributed by atoms with van der Waals surface area (Å²) in [7, 11) is 0. The Labute approximate surface area is 106 Å².